The minimum Gasteiger partial charge on any atom is -0.497 e. The highest BCUT2D eigenvalue weighted by Crippen LogP contribution is 2.35. The van der Waals surface area contributed by atoms with Gasteiger partial charge in [-0.15, -0.1) is 0 Å². The maximum atomic E-state index is 12.4. The first kappa shape index (κ1) is 19.1. The van der Waals surface area contributed by atoms with Gasteiger partial charge in [0.1, 0.15) is 10.6 Å². The average molecular weight is 430 g/mol. The van der Waals surface area contributed by atoms with E-state index in [0.717, 1.165) is 11.3 Å². The Bertz CT molecular complexity index is 1360. The molecular formula is C18H14N4O5S2. The van der Waals surface area contributed by atoms with Crippen molar-refractivity contribution in [2.75, 3.05) is 12.4 Å². The van der Waals surface area contributed by atoms with Gasteiger partial charge in [-0.1, -0.05) is 11.3 Å². The Morgan fingerprint density at radius 2 is 1.90 bits per heavy atom. The molecule has 0 aliphatic carbocycles. The van der Waals surface area contributed by atoms with Gasteiger partial charge in [-0.2, -0.15) is 4.98 Å². The summed E-state index contributed by atoms with van der Waals surface area (Å²) in [6.45, 7) is 0. The van der Waals surface area contributed by atoms with Crippen molar-refractivity contribution in [3.8, 4) is 11.6 Å². The van der Waals surface area contributed by atoms with Crippen molar-refractivity contribution in [1.82, 2.24) is 4.98 Å². The van der Waals surface area contributed by atoms with E-state index in [4.69, 9.17) is 9.88 Å². The van der Waals surface area contributed by atoms with E-state index in [1.54, 1.807) is 18.2 Å². The van der Waals surface area contributed by atoms with Gasteiger partial charge >= 0.3 is 0 Å². The number of fused-ring (bicyclic) bond motifs is 1. The van der Waals surface area contributed by atoms with Gasteiger partial charge in [0.25, 0.3) is 5.91 Å². The summed E-state index contributed by atoms with van der Waals surface area (Å²) in [5.74, 6) is -0.229. The molecule has 0 bridgehead atoms. The lowest BCUT2D eigenvalue weighted by atomic mass is 10.1. The molecule has 0 atom stereocenters. The summed E-state index contributed by atoms with van der Waals surface area (Å²) in [5.41, 5.74) is 0.777. The predicted molar refractivity (Wildman–Crippen MR) is 106 cm³/mol. The lowest BCUT2D eigenvalue weighted by Crippen LogP contribution is -2.23. The zero-order chi connectivity index (χ0) is 20.8. The molecule has 4 rings (SSSR count). The molecule has 9 nitrogen and oxygen atoms in total. The molecule has 0 unspecified atom stereocenters. The average Bonchev–Trinajstić information content (AvgIpc) is 3.18. The van der Waals surface area contributed by atoms with Gasteiger partial charge in [-0.05, 0) is 42.5 Å². The van der Waals surface area contributed by atoms with Gasteiger partial charge in [-0.25, -0.2) is 18.5 Å². The number of anilines is 2. The number of nitrogens with two attached hydrogens (primary N) is 1. The van der Waals surface area contributed by atoms with Crippen molar-refractivity contribution < 1.29 is 23.1 Å². The molecule has 148 valence electrons. The number of thiazole rings is 1. The number of nitrogens with one attached hydrogen (secondary N) is 1. The van der Waals surface area contributed by atoms with Crippen molar-refractivity contribution in [1.29, 1.82) is 0 Å². The topological polar surface area (TPSA) is 144 Å². The highest BCUT2D eigenvalue weighted by Gasteiger charge is 2.25. The third-order valence-electron chi connectivity index (χ3n) is 4.18. The number of hydrogen-bond acceptors (Lipinski definition) is 8. The summed E-state index contributed by atoms with van der Waals surface area (Å²) in [6.07, 6.45) is 0. The summed E-state index contributed by atoms with van der Waals surface area (Å²) < 4.78 is 27.9. The van der Waals surface area contributed by atoms with E-state index in [9.17, 15) is 18.3 Å². The van der Waals surface area contributed by atoms with E-state index in [0.29, 0.717) is 27.1 Å². The molecule has 1 aromatic heterocycles. The molecule has 0 fully saturated rings. The lowest BCUT2D eigenvalue weighted by Gasteiger charge is -2.03. The Morgan fingerprint density at radius 1 is 1.17 bits per heavy atom. The Balaban J connectivity index is 1.72. The van der Waals surface area contributed by atoms with Crippen molar-refractivity contribution in [3.05, 3.63) is 57.9 Å². The van der Waals surface area contributed by atoms with Gasteiger partial charge in [0.2, 0.25) is 15.9 Å². The molecule has 2 aromatic carbocycles. The van der Waals surface area contributed by atoms with Gasteiger partial charge in [0.05, 0.1) is 22.9 Å². The molecule has 1 aliphatic heterocycles. The highest BCUT2D eigenvalue weighted by atomic mass is 32.2. The van der Waals surface area contributed by atoms with Crippen LogP contribution in [0.15, 0.2) is 52.4 Å². The molecule has 3 aromatic rings. The predicted octanol–water partition coefficient (Wildman–Crippen LogP) is 0.607. The van der Waals surface area contributed by atoms with Crippen LogP contribution in [0.4, 0.5) is 10.8 Å². The standard InChI is InChI=1S/C18H14N4O5S2/c1-27-10-4-7-13-12(8-10)14(16(23)21-13)15-17(24)22-18(28-15)20-9-2-5-11(6-3-9)29(19,25)26/h2-8,24H,1H3,(H,20,22)(H2,19,25,26). The van der Waals surface area contributed by atoms with Gasteiger partial charge in [0.15, 0.2) is 5.13 Å². The van der Waals surface area contributed by atoms with Crippen LogP contribution >= 0.6 is 11.3 Å². The molecule has 1 amide bonds. The highest BCUT2D eigenvalue weighted by molar-refractivity contribution is 7.89. The molecule has 2 heterocycles. The maximum absolute atomic E-state index is 12.4. The molecular weight excluding hydrogens is 416 g/mol. The Labute approximate surface area is 168 Å². The number of aromatic nitrogens is 1. The third-order valence-corrected chi connectivity index (χ3v) is 6.09. The number of carbonyl (C=O) groups is 1. The first-order valence-electron chi connectivity index (χ1n) is 8.18. The zero-order valence-electron chi connectivity index (χ0n) is 14.9. The summed E-state index contributed by atoms with van der Waals surface area (Å²) in [4.78, 5) is 20.7. The molecule has 29 heavy (non-hydrogen) atoms. The number of hydrogen-bond donors (Lipinski definition) is 3. The number of methoxy groups -OCH3 is 1. The van der Waals surface area contributed by atoms with Crippen LogP contribution in [-0.2, 0) is 14.8 Å². The fourth-order valence-electron chi connectivity index (χ4n) is 2.82. The smallest absolute Gasteiger partial charge is 0.279 e. The molecule has 11 heteroatoms. The molecule has 4 N–H and O–H groups in total. The number of nitrogens with zero attached hydrogens (tertiary/aromatic N) is 2. The lowest BCUT2D eigenvalue weighted by molar-refractivity contribution is -0.112. The second-order valence-electron chi connectivity index (χ2n) is 6.04. The number of primary sulfonamides is 1. The first-order chi connectivity index (χ1) is 13.8. The number of carbonyl (C=O) groups excluding carboxylic acids is 1. The largest absolute Gasteiger partial charge is 0.497 e. The van der Waals surface area contributed by atoms with Crippen LogP contribution in [0.2, 0.25) is 0 Å². The Morgan fingerprint density at radius 3 is 2.55 bits per heavy atom. The van der Waals surface area contributed by atoms with E-state index in [-0.39, 0.29) is 21.2 Å². The van der Waals surface area contributed by atoms with Crippen molar-refractivity contribution >= 4 is 43.7 Å². The second-order valence-corrected chi connectivity index (χ2v) is 8.60. The van der Waals surface area contributed by atoms with Gasteiger partial charge in [-0.3, -0.25) is 4.79 Å². The number of benzene rings is 2. The van der Waals surface area contributed by atoms with Crippen LogP contribution in [0.3, 0.4) is 0 Å². The summed E-state index contributed by atoms with van der Waals surface area (Å²) in [7, 11) is -2.27. The van der Waals surface area contributed by atoms with Gasteiger partial charge < -0.3 is 15.2 Å². The monoisotopic (exact) mass is 430 g/mol. The molecule has 0 saturated heterocycles. The van der Waals surface area contributed by atoms with Gasteiger partial charge in [0, 0.05) is 10.9 Å². The van der Waals surface area contributed by atoms with Crippen LogP contribution in [-0.4, -0.2) is 31.5 Å². The second kappa shape index (κ2) is 6.95. The Kier molecular flexibility index (Phi) is 4.57. The van der Waals surface area contributed by atoms with E-state index in [1.165, 1.54) is 31.4 Å². The first-order valence-corrected chi connectivity index (χ1v) is 10.5. The fraction of sp³-hybridized carbons (Fsp3) is 0.0556. The molecule has 0 spiro atoms. The number of sulfonamides is 1. The van der Waals surface area contributed by atoms with Crippen molar-refractivity contribution in [2.45, 2.75) is 4.90 Å². The minimum atomic E-state index is -3.79. The van der Waals surface area contributed by atoms with E-state index in [2.05, 4.69) is 15.3 Å². The third kappa shape index (κ3) is 3.58. The summed E-state index contributed by atoms with van der Waals surface area (Å²) >= 11 is 1.07. The van der Waals surface area contributed by atoms with Crippen molar-refractivity contribution in [3.63, 3.8) is 0 Å². The molecule has 0 radical (unpaired) electrons. The molecule has 0 saturated carbocycles. The van der Waals surface area contributed by atoms with Crippen LogP contribution in [0.1, 0.15) is 4.88 Å². The van der Waals surface area contributed by atoms with Crippen LogP contribution in [0, 0.1) is 0 Å². The number of rotatable bonds is 5. The number of aromatic hydroxyl groups is 1. The summed E-state index contributed by atoms with van der Waals surface area (Å²) in [5, 5.41) is 19.7. The number of amides is 1. The molecule has 1 aliphatic rings. The van der Waals surface area contributed by atoms with E-state index in [1.807, 2.05) is 0 Å². The quantitative estimate of drug-likeness (QED) is 0.538. The van der Waals surface area contributed by atoms with Crippen LogP contribution in [0.5, 0.6) is 11.6 Å². The summed E-state index contributed by atoms with van der Waals surface area (Å²) in [6, 6.07) is 10.8. The van der Waals surface area contributed by atoms with Crippen LogP contribution in [0.25, 0.3) is 5.57 Å². The fourth-order valence-corrected chi connectivity index (χ4v) is 4.27. The van der Waals surface area contributed by atoms with Crippen molar-refractivity contribution in [2.24, 2.45) is 10.1 Å². The van der Waals surface area contributed by atoms with Crippen LogP contribution < -0.4 is 25.8 Å². The number of ether oxygens (including phenoxy) is 1. The van der Waals surface area contributed by atoms with E-state index < -0.39 is 15.9 Å². The SMILES string of the molecule is COc1ccc2c(c1)=C(c1sc(Nc3ccc(S(N)(=O)=O)cc3)nc1O)C(=O)N=2. The Hall–Kier alpha value is -3.28. The minimum absolute atomic E-state index is 0.0231. The van der Waals surface area contributed by atoms with E-state index >= 15 is 0 Å². The maximum Gasteiger partial charge on any atom is 0.279 e. The normalized spacial score (nSPS) is 13.2. The zero-order valence-corrected chi connectivity index (χ0v) is 16.5.